The summed E-state index contributed by atoms with van der Waals surface area (Å²) in [6, 6.07) is 4.51. The van der Waals surface area contributed by atoms with Crippen molar-refractivity contribution < 1.29 is 13.9 Å². The van der Waals surface area contributed by atoms with Gasteiger partial charge in [0, 0.05) is 16.5 Å². The molecule has 0 aromatic heterocycles. The quantitative estimate of drug-likeness (QED) is 0.865. The second kappa shape index (κ2) is 5.50. The van der Waals surface area contributed by atoms with Gasteiger partial charge in [-0.25, -0.2) is 9.18 Å². The molecule has 0 saturated carbocycles. The molecule has 88 valence electrons. The molecule has 1 heterocycles. The van der Waals surface area contributed by atoms with Crippen LogP contribution in [0.2, 0.25) is 0 Å². The van der Waals surface area contributed by atoms with E-state index in [9.17, 15) is 9.18 Å². The maximum Gasteiger partial charge on any atom is 0.407 e. The Morgan fingerprint density at radius 1 is 1.50 bits per heavy atom. The molecule has 1 N–H and O–H groups in total. The molecular formula is C10H10BrClFNO2. The summed E-state index contributed by atoms with van der Waals surface area (Å²) in [5, 5.41) is 2.58. The Balaban J connectivity index is 0.00000128. The van der Waals surface area contributed by atoms with Gasteiger partial charge in [-0.2, -0.15) is 0 Å². The minimum Gasteiger partial charge on any atom is -0.449 e. The van der Waals surface area contributed by atoms with Crippen LogP contribution in [0, 0.1) is 5.82 Å². The first kappa shape index (κ1) is 13.3. The highest BCUT2D eigenvalue weighted by Gasteiger charge is 2.23. The van der Waals surface area contributed by atoms with Crippen LogP contribution in [0.5, 0.6) is 0 Å². The van der Waals surface area contributed by atoms with Crippen LogP contribution in [0.4, 0.5) is 9.18 Å². The first-order valence-electron chi connectivity index (χ1n) is 4.55. The molecule has 0 aliphatic carbocycles. The summed E-state index contributed by atoms with van der Waals surface area (Å²) >= 11 is 3.18. The SMILES string of the molecule is Cl.O=C1N[C@H](c2ccc(Br)cc2F)CCO1. The highest BCUT2D eigenvalue weighted by Crippen LogP contribution is 2.25. The number of ether oxygens (including phenoxy) is 1. The molecule has 1 atom stereocenters. The van der Waals surface area contributed by atoms with Crippen molar-refractivity contribution in [1.82, 2.24) is 5.32 Å². The average Bonchev–Trinajstić information content (AvgIpc) is 2.17. The average molecular weight is 311 g/mol. The third-order valence-electron chi connectivity index (χ3n) is 2.27. The predicted molar refractivity (Wildman–Crippen MR) is 63.2 cm³/mol. The maximum absolute atomic E-state index is 13.5. The van der Waals surface area contributed by atoms with Crippen LogP contribution in [-0.2, 0) is 4.74 Å². The van der Waals surface area contributed by atoms with Crippen molar-refractivity contribution >= 4 is 34.4 Å². The first-order valence-corrected chi connectivity index (χ1v) is 5.34. The maximum atomic E-state index is 13.5. The number of hydrogen-bond acceptors (Lipinski definition) is 2. The van der Waals surface area contributed by atoms with E-state index in [1.54, 1.807) is 12.1 Å². The van der Waals surface area contributed by atoms with Gasteiger partial charge >= 0.3 is 6.09 Å². The number of cyclic esters (lactones) is 1. The fourth-order valence-electron chi connectivity index (χ4n) is 1.54. The number of amides is 1. The predicted octanol–water partition coefficient (Wildman–Crippen LogP) is 3.18. The van der Waals surface area contributed by atoms with E-state index >= 15 is 0 Å². The molecule has 0 bridgehead atoms. The Morgan fingerprint density at radius 2 is 2.25 bits per heavy atom. The number of carbonyl (C=O) groups is 1. The third-order valence-corrected chi connectivity index (χ3v) is 2.76. The van der Waals surface area contributed by atoms with Crippen LogP contribution in [0.15, 0.2) is 22.7 Å². The van der Waals surface area contributed by atoms with Crippen molar-refractivity contribution in [2.24, 2.45) is 0 Å². The molecule has 1 aliphatic heterocycles. The zero-order valence-corrected chi connectivity index (χ0v) is 10.6. The Labute approximate surface area is 107 Å². The molecule has 16 heavy (non-hydrogen) atoms. The van der Waals surface area contributed by atoms with Gasteiger partial charge < -0.3 is 10.1 Å². The second-order valence-corrected chi connectivity index (χ2v) is 4.20. The molecule has 0 unspecified atom stereocenters. The summed E-state index contributed by atoms with van der Waals surface area (Å²) in [6.07, 6.45) is 0.0955. The van der Waals surface area contributed by atoms with Gasteiger partial charge in [-0.3, -0.25) is 0 Å². The summed E-state index contributed by atoms with van der Waals surface area (Å²) in [5.74, 6) is -0.323. The van der Waals surface area contributed by atoms with Crippen molar-refractivity contribution in [2.45, 2.75) is 12.5 Å². The van der Waals surface area contributed by atoms with Gasteiger partial charge in [0.2, 0.25) is 0 Å². The molecule has 1 aromatic rings. The summed E-state index contributed by atoms with van der Waals surface area (Å²) in [5.41, 5.74) is 0.495. The third kappa shape index (κ3) is 2.86. The van der Waals surface area contributed by atoms with E-state index in [0.29, 0.717) is 23.1 Å². The molecule has 2 rings (SSSR count). The van der Waals surface area contributed by atoms with Crippen LogP contribution in [0.1, 0.15) is 18.0 Å². The van der Waals surface area contributed by atoms with Gasteiger partial charge in [-0.1, -0.05) is 22.0 Å². The smallest absolute Gasteiger partial charge is 0.407 e. The molecule has 1 aliphatic rings. The molecule has 1 aromatic carbocycles. The zero-order valence-electron chi connectivity index (χ0n) is 8.20. The lowest BCUT2D eigenvalue weighted by Gasteiger charge is -2.23. The van der Waals surface area contributed by atoms with Gasteiger partial charge in [-0.15, -0.1) is 12.4 Å². The van der Waals surface area contributed by atoms with Gasteiger partial charge in [0.25, 0.3) is 0 Å². The fourth-order valence-corrected chi connectivity index (χ4v) is 1.88. The van der Waals surface area contributed by atoms with Gasteiger partial charge in [0.05, 0.1) is 12.6 Å². The highest BCUT2D eigenvalue weighted by molar-refractivity contribution is 9.10. The minimum absolute atomic E-state index is 0. The van der Waals surface area contributed by atoms with E-state index in [1.165, 1.54) is 6.07 Å². The van der Waals surface area contributed by atoms with E-state index < -0.39 is 6.09 Å². The van der Waals surface area contributed by atoms with Crippen LogP contribution in [0.25, 0.3) is 0 Å². The molecule has 1 fully saturated rings. The summed E-state index contributed by atoms with van der Waals surface area (Å²) in [7, 11) is 0. The second-order valence-electron chi connectivity index (χ2n) is 3.29. The summed E-state index contributed by atoms with van der Waals surface area (Å²) in [6.45, 7) is 0.325. The Bertz CT molecular complexity index is 402. The Hall–Kier alpha value is -0.810. The fraction of sp³-hybridized carbons (Fsp3) is 0.300. The number of carbonyl (C=O) groups excluding carboxylic acids is 1. The number of rotatable bonds is 1. The molecule has 0 spiro atoms. The van der Waals surface area contributed by atoms with E-state index in [1.807, 2.05) is 0 Å². The van der Waals surface area contributed by atoms with Crippen molar-refractivity contribution in [3.8, 4) is 0 Å². The lowest BCUT2D eigenvalue weighted by Crippen LogP contribution is -2.35. The van der Waals surface area contributed by atoms with Gasteiger partial charge in [-0.05, 0) is 12.1 Å². The number of benzene rings is 1. The lowest BCUT2D eigenvalue weighted by atomic mass is 10.0. The topological polar surface area (TPSA) is 38.3 Å². The van der Waals surface area contributed by atoms with Crippen molar-refractivity contribution in [2.75, 3.05) is 6.61 Å². The number of alkyl carbamates (subject to hydrolysis) is 1. The normalized spacial score (nSPS) is 19.4. The van der Waals surface area contributed by atoms with E-state index in [0.717, 1.165) is 0 Å². The van der Waals surface area contributed by atoms with E-state index in [2.05, 4.69) is 21.2 Å². The standard InChI is InChI=1S/C10H9BrFNO2.ClH/c11-6-1-2-7(8(12)5-6)9-3-4-15-10(14)13-9;/h1-2,5,9H,3-4H2,(H,13,14);1H/t9-;/m0./s1. The van der Waals surface area contributed by atoms with Crippen molar-refractivity contribution in [3.05, 3.63) is 34.1 Å². The summed E-state index contributed by atoms with van der Waals surface area (Å²) in [4.78, 5) is 11.0. The monoisotopic (exact) mass is 309 g/mol. The number of hydrogen-bond donors (Lipinski definition) is 1. The molecule has 0 radical (unpaired) electrons. The van der Waals surface area contributed by atoms with Gasteiger partial charge in [0.15, 0.2) is 0 Å². The van der Waals surface area contributed by atoms with Crippen LogP contribution in [0.3, 0.4) is 0 Å². The molecule has 1 amide bonds. The van der Waals surface area contributed by atoms with E-state index in [4.69, 9.17) is 4.74 Å². The van der Waals surface area contributed by atoms with Crippen LogP contribution >= 0.6 is 28.3 Å². The van der Waals surface area contributed by atoms with Crippen molar-refractivity contribution in [1.29, 1.82) is 0 Å². The number of halogens is 3. The molecule has 1 saturated heterocycles. The lowest BCUT2D eigenvalue weighted by molar-refractivity contribution is 0.115. The zero-order chi connectivity index (χ0) is 10.8. The van der Waals surface area contributed by atoms with Gasteiger partial charge in [0.1, 0.15) is 5.82 Å². The highest BCUT2D eigenvalue weighted by atomic mass is 79.9. The Morgan fingerprint density at radius 3 is 2.88 bits per heavy atom. The first-order chi connectivity index (χ1) is 7.16. The largest absolute Gasteiger partial charge is 0.449 e. The number of nitrogens with one attached hydrogen (secondary N) is 1. The van der Waals surface area contributed by atoms with Crippen LogP contribution in [-0.4, -0.2) is 12.7 Å². The molecule has 6 heteroatoms. The summed E-state index contributed by atoms with van der Waals surface area (Å²) < 4.78 is 18.9. The van der Waals surface area contributed by atoms with Crippen molar-refractivity contribution in [3.63, 3.8) is 0 Å². The Kier molecular flexibility index (Phi) is 4.56. The van der Waals surface area contributed by atoms with Crippen LogP contribution < -0.4 is 5.32 Å². The molecule has 3 nitrogen and oxygen atoms in total. The van der Waals surface area contributed by atoms with E-state index in [-0.39, 0.29) is 24.3 Å². The molecular weight excluding hydrogens is 300 g/mol. The minimum atomic E-state index is -0.492.